The molecule has 0 radical (unpaired) electrons. The SMILES string of the molecule is [2H]C(O)C([2H])([2H])C([2H])([2H])[2H]. The Bertz CT molecular complexity index is 115. The summed E-state index contributed by atoms with van der Waals surface area (Å²) in [6, 6.07) is 0. The summed E-state index contributed by atoms with van der Waals surface area (Å²) in [6.07, 6.45) is -2.84. The Balaban J connectivity index is 4.40. The van der Waals surface area contributed by atoms with Crippen LogP contribution in [0.4, 0.5) is 0 Å². The van der Waals surface area contributed by atoms with E-state index in [1.54, 1.807) is 0 Å². The van der Waals surface area contributed by atoms with E-state index in [0.717, 1.165) is 0 Å². The van der Waals surface area contributed by atoms with Crippen LogP contribution in [0, 0.1) is 0 Å². The Morgan fingerprint density at radius 1 is 2.50 bits per heavy atom. The molecule has 26 valence electrons. The highest BCUT2D eigenvalue weighted by Gasteiger charge is 1.57. The van der Waals surface area contributed by atoms with Crippen molar-refractivity contribution in [3.05, 3.63) is 0 Å². The Morgan fingerprint density at radius 2 is 3.25 bits per heavy atom. The van der Waals surface area contributed by atoms with Gasteiger partial charge in [-0.05, 0) is 6.37 Å². The van der Waals surface area contributed by atoms with Crippen molar-refractivity contribution in [1.82, 2.24) is 0 Å². The normalized spacial score (nSPS) is 44.2. The van der Waals surface area contributed by atoms with E-state index in [9.17, 15) is 0 Å². The third-order valence-electron chi connectivity index (χ3n) is 0.0645. The van der Waals surface area contributed by atoms with Gasteiger partial charge in [0.05, 0.1) is 1.37 Å². The van der Waals surface area contributed by atoms with Gasteiger partial charge in [-0.2, -0.15) is 0 Å². The first kappa shape index (κ1) is 0.432. The van der Waals surface area contributed by atoms with Gasteiger partial charge in [0.15, 0.2) is 0 Å². The van der Waals surface area contributed by atoms with Gasteiger partial charge in [-0.1, -0.05) is 6.85 Å². The molecule has 0 heterocycles. The maximum absolute atomic E-state index is 8.35. The summed E-state index contributed by atoms with van der Waals surface area (Å²) in [7, 11) is 0. The molecule has 0 fully saturated rings. The first-order valence-electron chi connectivity index (χ1n) is 3.87. The Morgan fingerprint density at radius 3 is 3.25 bits per heavy atom. The second kappa shape index (κ2) is 2.96. The minimum Gasteiger partial charge on any atom is -0.396 e. The van der Waals surface area contributed by atoms with Gasteiger partial charge in [0.25, 0.3) is 0 Å². The van der Waals surface area contributed by atoms with Gasteiger partial charge in [0, 0.05) is 13.4 Å². The van der Waals surface area contributed by atoms with E-state index < -0.39 is 19.8 Å². The fourth-order valence-electron chi connectivity index (χ4n) is 0. The maximum atomic E-state index is 8.35. The molecule has 0 aromatic heterocycles. The van der Waals surface area contributed by atoms with Crippen molar-refractivity contribution >= 4 is 0 Å². The zero-order valence-electron chi connectivity index (χ0n) is 8.02. The third-order valence-corrected chi connectivity index (χ3v) is 0.0645. The van der Waals surface area contributed by atoms with E-state index in [1.165, 1.54) is 0 Å². The highest BCUT2D eigenvalue weighted by Crippen LogP contribution is 1.61. The molecule has 0 saturated heterocycles. The van der Waals surface area contributed by atoms with E-state index in [1.807, 2.05) is 0 Å². The van der Waals surface area contributed by atoms with Crippen molar-refractivity contribution in [3.63, 3.8) is 0 Å². The smallest absolute Gasteiger partial charge is 0.0564 e. The number of hydrogen-bond acceptors (Lipinski definition) is 1. The lowest BCUT2D eigenvalue weighted by molar-refractivity contribution is 0.295. The molecule has 1 unspecified atom stereocenters. The van der Waals surface area contributed by atoms with E-state index in [0.29, 0.717) is 0 Å². The summed E-state index contributed by atoms with van der Waals surface area (Å²) >= 11 is 0. The van der Waals surface area contributed by atoms with Crippen molar-refractivity contribution in [2.75, 3.05) is 6.58 Å². The van der Waals surface area contributed by atoms with Crippen LogP contribution < -0.4 is 0 Å². The van der Waals surface area contributed by atoms with Crippen LogP contribution in [0.5, 0.6) is 0 Å². The molecule has 0 rings (SSSR count). The van der Waals surface area contributed by atoms with Crippen LogP contribution in [0.3, 0.4) is 0 Å². The second-order valence-corrected chi connectivity index (χ2v) is 0.273. The zero-order valence-corrected chi connectivity index (χ0v) is 2.02. The third kappa shape index (κ3) is 1.96. The van der Waals surface area contributed by atoms with Crippen LogP contribution in [-0.4, -0.2) is 11.7 Å². The van der Waals surface area contributed by atoms with Crippen molar-refractivity contribution in [1.29, 1.82) is 0 Å². The first-order valence-corrected chi connectivity index (χ1v) is 0.797. The van der Waals surface area contributed by atoms with Crippen LogP contribution in [0.15, 0.2) is 0 Å². The molecule has 0 aromatic rings. The largest absolute Gasteiger partial charge is 0.396 e. The van der Waals surface area contributed by atoms with E-state index in [2.05, 4.69) is 0 Å². The number of hydrogen-bond donors (Lipinski definition) is 1. The monoisotopic (exact) mass is 66.1 g/mol. The van der Waals surface area contributed by atoms with Crippen LogP contribution in [0.1, 0.15) is 21.4 Å². The molecule has 0 amide bonds. The summed E-state index contributed by atoms with van der Waals surface area (Å²) in [5, 5.41) is 8.35. The average Bonchev–Trinajstić information content (AvgIpc) is 1.62. The molecular formula is C3H8O. The fourth-order valence-corrected chi connectivity index (χ4v) is 0. The van der Waals surface area contributed by atoms with Gasteiger partial charge in [-0.15, -0.1) is 0 Å². The number of aliphatic hydroxyl groups excluding tert-OH is 1. The fraction of sp³-hybridized carbons (Fsp3) is 1.00. The van der Waals surface area contributed by atoms with Crippen molar-refractivity contribution in [2.24, 2.45) is 0 Å². The molecule has 0 aliphatic heterocycles. The van der Waals surface area contributed by atoms with Gasteiger partial charge < -0.3 is 5.11 Å². The van der Waals surface area contributed by atoms with Crippen molar-refractivity contribution < 1.29 is 13.3 Å². The molecular weight excluding hydrogens is 52.0 g/mol. The minimum atomic E-state index is -2.94. The summed E-state index contributed by atoms with van der Waals surface area (Å²) in [5.41, 5.74) is 0. The Hall–Kier alpha value is -0.0400. The average molecular weight is 66.1 g/mol. The first-order chi connectivity index (χ1) is 4.19. The molecule has 4 heavy (non-hydrogen) atoms. The molecule has 1 nitrogen and oxygen atoms in total. The van der Waals surface area contributed by atoms with Gasteiger partial charge in [-0.3, -0.25) is 0 Å². The van der Waals surface area contributed by atoms with E-state index in [-0.39, 0.29) is 0 Å². The standard InChI is InChI=1S/C3H8O/c1-2-3-4/h4H,2-3H2,1H3/i1D3,2D2,3D. The topological polar surface area (TPSA) is 20.2 Å². The van der Waals surface area contributed by atoms with E-state index >= 15 is 0 Å². The lowest BCUT2D eigenvalue weighted by Gasteiger charge is -1.69. The van der Waals surface area contributed by atoms with Gasteiger partial charge >= 0.3 is 0 Å². The Kier molecular flexibility index (Phi) is 0.320. The predicted molar refractivity (Wildman–Crippen MR) is 17.4 cm³/mol. The van der Waals surface area contributed by atoms with Crippen LogP contribution in [0.2, 0.25) is 0 Å². The zero-order chi connectivity index (χ0) is 8.58. The van der Waals surface area contributed by atoms with Gasteiger partial charge in [-0.25, -0.2) is 0 Å². The van der Waals surface area contributed by atoms with Gasteiger partial charge in [0.1, 0.15) is 0 Å². The predicted octanol–water partition coefficient (Wildman–Crippen LogP) is 0.389. The molecule has 1 N–H and O–H groups in total. The molecule has 0 saturated carbocycles. The molecule has 0 bridgehead atoms. The highest BCUT2D eigenvalue weighted by molar-refractivity contribution is 4.10. The van der Waals surface area contributed by atoms with Crippen LogP contribution >= 0.6 is 0 Å². The lowest BCUT2D eigenvalue weighted by Crippen LogP contribution is -1.69. The molecule has 0 aromatic carbocycles. The van der Waals surface area contributed by atoms with Gasteiger partial charge in [0.2, 0.25) is 0 Å². The number of aliphatic hydroxyl groups is 1. The summed E-state index contributed by atoms with van der Waals surface area (Å²) in [5.74, 6) is 0. The maximum Gasteiger partial charge on any atom is 0.0564 e. The van der Waals surface area contributed by atoms with Crippen molar-refractivity contribution in [3.8, 4) is 0 Å². The van der Waals surface area contributed by atoms with Crippen LogP contribution in [0.25, 0.3) is 0 Å². The number of rotatable bonds is 1. The minimum absolute atomic E-state index is 2.22. The summed E-state index contributed by atoms with van der Waals surface area (Å²) in [4.78, 5) is 0. The highest BCUT2D eigenvalue weighted by atomic mass is 16.2. The van der Waals surface area contributed by atoms with Crippen LogP contribution in [-0.2, 0) is 0 Å². The lowest BCUT2D eigenvalue weighted by atomic mass is 10.5. The van der Waals surface area contributed by atoms with E-state index in [4.69, 9.17) is 13.3 Å². The Labute approximate surface area is 34.7 Å². The quantitative estimate of drug-likeness (QED) is 0.469. The molecule has 1 heteroatoms. The van der Waals surface area contributed by atoms with Crippen molar-refractivity contribution in [2.45, 2.75) is 13.2 Å². The molecule has 0 aliphatic rings. The summed E-state index contributed by atoms with van der Waals surface area (Å²) in [6.45, 7) is -5.16. The molecule has 0 aliphatic carbocycles. The molecule has 0 spiro atoms. The molecule has 1 atom stereocenters. The second-order valence-electron chi connectivity index (χ2n) is 0.273. The summed E-state index contributed by atoms with van der Waals surface area (Å²) < 4.78 is 39.5.